The maximum atomic E-state index is 12.4. The van der Waals surface area contributed by atoms with Crippen LogP contribution in [0.15, 0.2) is 87.7 Å². The minimum absolute atomic E-state index is 0.0245. The van der Waals surface area contributed by atoms with Crippen LogP contribution in [-0.2, 0) is 14.9 Å². The SMILES string of the molecule is N#C/C(=C\c1ccc(OS(=O)(=O)c2ccccc2)c(Br)c1)C(=O)Nc1ccc(Cl)cc1. The highest BCUT2D eigenvalue weighted by Crippen LogP contribution is 2.29. The van der Waals surface area contributed by atoms with Crippen molar-refractivity contribution in [2.75, 3.05) is 5.32 Å². The second kappa shape index (κ2) is 9.79. The fraction of sp³-hybridized carbons (Fsp3) is 0. The predicted octanol–water partition coefficient (Wildman–Crippen LogP) is 5.42. The highest BCUT2D eigenvalue weighted by atomic mass is 79.9. The van der Waals surface area contributed by atoms with E-state index in [0.29, 0.717) is 20.7 Å². The number of halogens is 2. The van der Waals surface area contributed by atoms with E-state index in [0.717, 1.165) is 0 Å². The lowest BCUT2D eigenvalue weighted by atomic mass is 10.1. The van der Waals surface area contributed by atoms with Gasteiger partial charge in [0.2, 0.25) is 0 Å². The molecule has 1 amide bonds. The zero-order chi connectivity index (χ0) is 22.4. The summed E-state index contributed by atoms with van der Waals surface area (Å²) in [6.45, 7) is 0. The van der Waals surface area contributed by atoms with E-state index in [1.807, 2.05) is 6.07 Å². The molecule has 3 aromatic rings. The lowest BCUT2D eigenvalue weighted by Crippen LogP contribution is -2.13. The summed E-state index contributed by atoms with van der Waals surface area (Å²) in [6.07, 6.45) is 1.38. The molecule has 1 N–H and O–H groups in total. The summed E-state index contributed by atoms with van der Waals surface area (Å²) in [5.74, 6) is -0.516. The summed E-state index contributed by atoms with van der Waals surface area (Å²) in [7, 11) is -4.00. The lowest BCUT2D eigenvalue weighted by Gasteiger charge is -2.09. The molecule has 0 saturated heterocycles. The first kappa shape index (κ1) is 22.6. The van der Waals surface area contributed by atoms with Gasteiger partial charge in [-0.25, -0.2) is 0 Å². The van der Waals surface area contributed by atoms with Gasteiger partial charge in [0.1, 0.15) is 16.5 Å². The third kappa shape index (κ3) is 5.95. The van der Waals surface area contributed by atoms with Crippen LogP contribution in [0.5, 0.6) is 5.75 Å². The number of anilines is 1. The molecule has 0 unspecified atom stereocenters. The summed E-state index contributed by atoms with van der Waals surface area (Å²) in [5, 5.41) is 12.5. The van der Waals surface area contributed by atoms with E-state index in [1.165, 1.54) is 30.3 Å². The number of nitrogens with zero attached hydrogens (tertiary/aromatic N) is 1. The second-order valence-corrected chi connectivity index (χ2v) is 9.01. The van der Waals surface area contributed by atoms with Crippen molar-refractivity contribution < 1.29 is 17.4 Å². The fourth-order valence-corrected chi connectivity index (χ4v) is 4.15. The average molecular weight is 518 g/mol. The highest BCUT2D eigenvalue weighted by Gasteiger charge is 2.18. The largest absolute Gasteiger partial charge is 0.378 e. The Balaban J connectivity index is 1.79. The van der Waals surface area contributed by atoms with Crippen LogP contribution in [0.3, 0.4) is 0 Å². The molecule has 0 bridgehead atoms. The first-order valence-electron chi connectivity index (χ1n) is 8.76. The van der Waals surface area contributed by atoms with Gasteiger partial charge in [-0.3, -0.25) is 4.79 Å². The first-order valence-corrected chi connectivity index (χ1v) is 11.3. The van der Waals surface area contributed by atoms with Crippen LogP contribution in [-0.4, -0.2) is 14.3 Å². The van der Waals surface area contributed by atoms with E-state index in [2.05, 4.69) is 21.2 Å². The minimum atomic E-state index is -4.00. The molecule has 0 aliphatic rings. The van der Waals surface area contributed by atoms with E-state index in [9.17, 15) is 18.5 Å². The smallest absolute Gasteiger partial charge is 0.339 e. The van der Waals surface area contributed by atoms with Crippen molar-refractivity contribution in [3.63, 3.8) is 0 Å². The zero-order valence-electron chi connectivity index (χ0n) is 15.7. The zero-order valence-corrected chi connectivity index (χ0v) is 18.9. The number of carbonyl (C=O) groups excluding carboxylic acids is 1. The molecular weight excluding hydrogens is 504 g/mol. The third-order valence-electron chi connectivity index (χ3n) is 3.97. The number of hydrogen-bond donors (Lipinski definition) is 1. The number of nitriles is 1. The van der Waals surface area contributed by atoms with Gasteiger partial charge in [-0.05, 0) is 76.1 Å². The Morgan fingerprint density at radius 2 is 1.74 bits per heavy atom. The molecule has 0 spiro atoms. The Bertz CT molecular complexity index is 1290. The first-order chi connectivity index (χ1) is 14.8. The van der Waals surface area contributed by atoms with Crippen molar-refractivity contribution >= 4 is 55.3 Å². The summed E-state index contributed by atoms with van der Waals surface area (Å²) < 4.78 is 30.3. The highest BCUT2D eigenvalue weighted by molar-refractivity contribution is 9.10. The normalized spacial score (nSPS) is 11.5. The molecule has 3 aromatic carbocycles. The molecule has 0 aliphatic heterocycles. The number of benzene rings is 3. The van der Waals surface area contributed by atoms with E-state index in [1.54, 1.807) is 48.5 Å². The van der Waals surface area contributed by atoms with Gasteiger partial charge in [-0.2, -0.15) is 13.7 Å². The number of amides is 1. The molecule has 6 nitrogen and oxygen atoms in total. The van der Waals surface area contributed by atoms with Crippen LogP contribution in [0.2, 0.25) is 5.02 Å². The monoisotopic (exact) mass is 516 g/mol. The molecule has 0 fully saturated rings. The summed E-state index contributed by atoms with van der Waals surface area (Å²) in [5.41, 5.74) is 0.859. The quantitative estimate of drug-likeness (QED) is 0.268. The topological polar surface area (TPSA) is 96.3 Å². The van der Waals surface area contributed by atoms with Crippen molar-refractivity contribution in [3.05, 3.63) is 93.4 Å². The van der Waals surface area contributed by atoms with Crippen LogP contribution in [0.25, 0.3) is 6.08 Å². The minimum Gasteiger partial charge on any atom is -0.378 e. The van der Waals surface area contributed by atoms with E-state index >= 15 is 0 Å². The van der Waals surface area contributed by atoms with Gasteiger partial charge in [0.05, 0.1) is 4.47 Å². The van der Waals surface area contributed by atoms with Crippen LogP contribution in [0, 0.1) is 11.3 Å². The molecule has 9 heteroatoms. The van der Waals surface area contributed by atoms with Crippen molar-refractivity contribution in [2.45, 2.75) is 4.90 Å². The Morgan fingerprint density at radius 1 is 1.06 bits per heavy atom. The summed E-state index contributed by atoms with van der Waals surface area (Å²) in [6, 6.07) is 20.6. The van der Waals surface area contributed by atoms with Crippen molar-refractivity contribution in [1.29, 1.82) is 5.26 Å². The van der Waals surface area contributed by atoms with E-state index in [4.69, 9.17) is 15.8 Å². The van der Waals surface area contributed by atoms with E-state index < -0.39 is 16.0 Å². The number of hydrogen-bond acceptors (Lipinski definition) is 5. The molecule has 0 heterocycles. The molecule has 0 aliphatic carbocycles. The van der Waals surface area contributed by atoms with Crippen LogP contribution < -0.4 is 9.50 Å². The Hall–Kier alpha value is -3.12. The summed E-state index contributed by atoms with van der Waals surface area (Å²) >= 11 is 9.09. The Labute approximate surface area is 193 Å². The molecule has 3 rings (SSSR count). The van der Waals surface area contributed by atoms with Gasteiger partial charge >= 0.3 is 10.1 Å². The van der Waals surface area contributed by atoms with Crippen LogP contribution >= 0.6 is 27.5 Å². The van der Waals surface area contributed by atoms with Gasteiger partial charge in [-0.1, -0.05) is 35.9 Å². The van der Waals surface area contributed by atoms with Crippen LogP contribution in [0.4, 0.5) is 5.69 Å². The standard InChI is InChI=1S/C22H14BrClN2O4S/c23-20-13-15(6-11-21(20)30-31(28,29)19-4-2-1-3-5-19)12-16(14-25)22(27)26-18-9-7-17(24)8-10-18/h1-13H,(H,26,27)/b16-12+. The fourth-order valence-electron chi connectivity index (χ4n) is 2.47. The molecule has 0 atom stereocenters. The van der Waals surface area contributed by atoms with Crippen LogP contribution in [0.1, 0.15) is 5.56 Å². The van der Waals surface area contributed by atoms with Gasteiger partial charge in [-0.15, -0.1) is 0 Å². The third-order valence-corrected chi connectivity index (χ3v) is 6.09. The van der Waals surface area contributed by atoms with Crippen molar-refractivity contribution in [3.8, 4) is 11.8 Å². The average Bonchev–Trinajstić information content (AvgIpc) is 2.76. The molecule has 156 valence electrons. The number of rotatable bonds is 6. The number of nitrogens with one attached hydrogen (secondary N) is 1. The molecular formula is C22H14BrClN2O4S. The van der Waals surface area contributed by atoms with Gasteiger partial charge in [0.15, 0.2) is 5.75 Å². The Morgan fingerprint density at radius 3 is 2.35 bits per heavy atom. The van der Waals surface area contributed by atoms with Crippen molar-refractivity contribution in [2.24, 2.45) is 0 Å². The maximum absolute atomic E-state index is 12.4. The molecule has 0 radical (unpaired) electrons. The molecule has 0 aromatic heterocycles. The van der Waals surface area contributed by atoms with Gasteiger partial charge in [0, 0.05) is 10.7 Å². The maximum Gasteiger partial charge on any atom is 0.339 e. The van der Waals surface area contributed by atoms with Gasteiger partial charge < -0.3 is 9.50 Å². The molecule has 31 heavy (non-hydrogen) atoms. The predicted molar refractivity (Wildman–Crippen MR) is 122 cm³/mol. The second-order valence-electron chi connectivity index (χ2n) is 6.17. The molecule has 0 saturated carbocycles. The van der Waals surface area contributed by atoms with Gasteiger partial charge in [0.25, 0.3) is 5.91 Å². The Kier molecular flexibility index (Phi) is 7.13. The lowest BCUT2D eigenvalue weighted by molar-refractivity contribution is -0.112. The van der Waals surface area contributed by atoms with E-state index in [-0.39, 0.29) is 16.2 Å². The van der Waals surface area contributed by atoms with Crippen molar-refractivity contribution in [1.82, 2.24) is 0 Å². The summed E-state index contributed by atoms with van der Waals surface area (Å²) in [4.78, 5) is 12.4. The number of carbonyl (C=O) groups is 1.